The summed E-state index contributed by atoms with van der Waals surface area (Å²) < 4.78 is 0. The number of hydrogen-bond acceptors (Lipinski definition) is 3. The normalized spacial score (nSPS) is 28.7. The van der Waals surface area contributed by atoms with Crippen LogP contribution in [0.4, 0.5) is 0 Å². The smallest absolute Gasteiger partial charge is 0.227 e. The molecule has 2 unspecified atom stereocenters. The van der Waals surface area contributed by atoms with Gasteiger partial charge in [-0.3, -0.25) is 4.79 Å². The lowest BCUT2D eigenvalue weighted by Crippen LogP contribution is -2.48. The lowest BCUT2D eigenvalue weighted by atomic mass is 9.98. The number of carbonyl (C=O) groups is 1. The van der Waals surface area contributed by atoms with Gasteiger partial charge in [0.1, 0.15) is 0 Å². The number of benzene rings is 1. The maximum Gasteiger partial charge on any atom is 0.227 e. The van der Waals surface area contributed by atoms with Crippen LogP contribution in [0.15, 0.2) is 24.3 Å². The number of aliphatic hydroxyl groups is 1. The molecule has 2 fully saturated rings. The Kier molecular flexibility index (Phi) is 3.76. The summed E-state index contributed by atoms with van der Waals surface area (Å²) in [6.07, 6.45) is 3.80. The molecule has 1 amide bonds. The average molecular weight is 274 g/mol. The number of carbonyl (C=O) groups excluding carboxylic acids is 1. The first kappa shape index (κ1) is 13.6. The minimum Gasteiger partial charge on any atom is -0.393 e. The van der Waals surface area contributed by atoms with Crippen LogP contribution in [0.5, 0.6) is 0 Å². The molecule has 3 rings (SSSR count). The second kappa shape index (κ2) is 5.54. The van der Waals surface area contributed by atoms with Crippen molar-refractivity contribution in [3.05, 3.63) is 35.4 Å². The van der Waals surface area contributed by atoms with Gasteiger partial charge in [-0.05, 0) is 36.8 Å². The summed E-state index contributed by atoms with van der Waals surface area (Å²) in [4.78, 5) is 14.5. The molecule has 2 saturated heterocycles. The molecule has 2 aliphatic rings. The molecule has 1 aromatic carbocycles. The van der Waals surface area contributed by atoms with Gasteiger partial charge in [0, 0.05) is 18.6 Å². The highest BCUT2D eigenvalue weighted by Crippen LogP contribution is 2.36. The van der Waals surface area contributed by atoms with Crippen LogP contribution >= 0.6 is 0 Å². The largest absolute Gasteiger partial charge is 0.393 e. The average Bonchev–Trinajstić information content (AvgIpc) is 2.72. The van der Waals surface area contributed by atoms with E-state index in [1.807, 2.05) is 29.2 Å². The number of amides is 1. The van der Waals surface area contributed by atoms with Crippen LogP contribution in [0.1, 0.15) is 36.8 Å². The van der Waals surface area contributed by atoms with E-state index >= 15 is 0 Å². The molecule has 108 valence electrons. The Morgan fingerprint density at radius 1 is 1.15 bits per heavy atom. The highest BCUT2D eigenvalue weighted by molar-refractivity contribution is 5.80. The molecule has 1 aromatic rings. The molecule has 0 aliphatic carbocycles. The zero-order valence-corrected chi connectivity index (χ0v) is 11.7. The fraction of sp³-hybridized carbons (Fsp3) is 0.562. The molecular formula is C16H22N2O2. The van der Waals surface area contributed by atoms with Gasteiger partial charge in [0.05, 0.1) is 12.5 Å². The Morgan fingerprint density at radius 3 is 2.25 bits per heavy atom. The van der Waals surface area contributed by atoms with Gasteiger partial charge in [0.2, 0.25) is 5.91 Å². The summed E-state index contributed by atoms with van der Waals surface area (Å²) in [5.41, 5.74) is 7.70. The Balaban J connectivity index is 1.67. The van der Waals surface area contributed by atoms with E-state index in [0.29, 0.717) is 13.0 Å². The fourth-order valence-corrected chi connectivity index (χ4v) is 3.61. The van der Waals surface area contributed by atoms with Crippen LogP contribution in [0.25, 0.3) is 0 Å². The highest BCUT2D eigenvalue weighted by atomic mass is 16.3. The molecule has 0 spiro atoms. The van der Waals surface area contributed by atoms with Crippen LogP contribution in [-0.4, -0.2) is 34.1 Å². The second-order valence-electron chi connectivity index (χ2n) is 6.01. The van der Waals surface area contributed by atoms with E-state index in [1.54, 1.807) is 0 Å². The van der Waals surface area contributed by atoms with Gasteiger partial charge < -0.3 is 15.7 Å². The number of piperidine rings is 1. The molecule has 0 aromatic heterocycles. The third kappa shape index (κ3) is 2.58. The van der Waals surface area contributed by atoms with E-state index in [1.165, 1.54) is 0 Å². The fourth-order valence-electron chi connectivity index (χ4n) is 3.61. The van der Waals surface area contributed by atoms with Gasteiger partial charge in [-0.2, -0.15) is 0 Å². The molecule has 3 N–H and O–H groups in total. The van der Waals surface area contributed by atoms with Crippen molar-refractivity contribution < 1.29 is 9.90 Å². The van der Waals surface area contributed by atoms with Crippen LogP contribution < -0.4 is 5.73 Å². The van der Waals surface area contributed by atoms with E-state index < -0.39 is 0 Å². The molecular weight excluding hydrogens is 252 g/mol. The zero-order valence-electron chi connectivity index (χ0n) is 11.7. The molecule has 2 aliphatic heterocycles. The van der Waals surface area contributed by atoms with Gasteiger partial charge in [-0.1, -0.05) is 24.3 Å². The Labute approximate surface area is 119 Å². The summed E-state index contributed by atoms with van der Waals surface area (Å²) in [6, 6.07) is 8.44. The first-order valence-corrected chi connectivity index (χ1v) is 7.44. The van der Waals surface area contributed by atoms with Crippen LogP contribution in [0.3, 0.4) is 0 Å². The topological polar surface area (TPSA) is 66.6 Å². The van der Waals surface area contributed by atoms with Gasteiger partial charge in [0.25, 0.3) is 0 Å². The number of fused-ring (bicyclic) bond motifs is 2. The predicted molar refractivity (Wildman–Crippen MR) is 76.9 cm³/mol. The summed E-state index contributed by atoms with van der Waals surface area (Å²) in [5, 5.41) is 9.79. The predicted octanol–water partition coefficient (Wildman–Crippen LogP) is 1.20. The van der Waals surface area contributed by atoms with Gasteiger partial charge in [-0.25, -0.2) is 0 Å². The van der Waals surface area contributed by atoms with Crippen molar-refractivity contribution in [1.82, 2.24) is 4.90 Å². The zero-order chi connectivity index (χ0) is 14.1. The number of nitrogens with zero attached hydrogens (tertiary/aromatic N) is 1. The molecule has 4 nitrogen and oxygen atoms in total. The van der Waals surface area contributed by atoms with E-state index in [4.69, 9.17) is 5.73 Å². The SMILES string of the molecule is NCc1ccc(CC(=O)N2C3CCC2CC(O)C3)cc1. The third-order valence-corrected chi connectivity index (χ3v) is 4.61. The molecule has 2 atom stereocenters. The highest BCUT2D eigenvalue weighted by Gasteiger charge is 2.42. The van der Waals surface area contributed by atoms with Crippen molar-refractivity contribution in [2.45, 2.75) is 56.8 Å². The molecule has 2 heterocycles. The molecule has 0 saturated carbocycles. The number of aliphatic hydroxyl groups excluding tert-OH is 1. The summed E-state index contributed by atoms with van der Waals surface area (Å²) in [5.74, 6) is 0.199. The van der Waals surface area contributed by atoms with Crippen molar-refractivity contribution in [3.8, 4) is 0 Å². The van der Waals surface area contributed by atoms with Crippen molar-refractivity contribution in [3.63, 3.8) is 0 Å². The van der Waals surface area contributed by atoms with Crippen molar-refractivity contribution in [2.24, 2.45) is 5.73 Å². The Hall–Kier alpha value is -1.39. The minimum atomic E-state index is -0.222. The Morgan fingerprint density at radius 2 is 1.70 bits per heavy atom. The maximum absolute atomic E-state index is 12.5. The molecule has 2 bridgehead atoms. The third-order valence-electron chi connectivity index (χ3n) is 4.61. The monoisotopic (exact) mass is 274 g/mol. The van der Waals surface area contributed by atoms with E-state index in [0.717, 1.165) is 36.8 Å². The molecule has 4 heteroatoms. The van der Waals surface area contributed by atoms with Crippen LogP contribution in [0, 0.1) is 0 Å². The van der Waals surface area contributed by atoms with Crippen LogP contribution in [-0.2, 0) is 17.8 Å². The van der Waals surface area contributed by atoms with Crippen molar-refractivity contribution >= 4 is 5.91 Å². The first-order chi connectivity index (χ1) is 9.67. The summed E-state index contributed by atoms with van der Waals surface area (Å²) in [7, 11) is 0. The number of rotatable bonds is 3. The van der Waals surface area contributed by atoms with Crippen molar-refractivity contribution in [2.75, 3.05) is 0 Å². The number of hydrogen-bond donors (Lipinski definition) is 2. The van der Waals surface area contributed by atoms with Gasteiger partial charge in [0.15, 0.2) is 0 Å². The summed E-state index contributed by atoms with van der Waals surface area (Å²) in [6.45, 7) is 0.530. The molecule has 0 radical (unpaired) electrons. The van der Waals surface area contributed by atoms with Gasteiger partial charge in [-0.15, -0.1) is 0 Å². The van der Waals surface area contributed by atoms with Gasteiger partial charge >= 0.3 is 0 Å². The maximum atomic E-state index is 12.5. The standard InChI is InChI=1S/C16H22N2O2/c17-10-12-3-1-11(2-4-12)7-16(20)18-13-5-6-14(18)9-15(19)8-13/h1-4,13-15,19H,5-10,17H2. The summed E-state index contributed by atoms with van der Waals surface area (Å²) >= 11 is 0. The number of nitrogens with two attached hydrogens (primary N) is 1. The lowest BCUT2D eigenvalue weighted by Gasteiger charge is -2.37. The quantitative estimate of drug-likeness (QED) is 0.870. The second-order valence-corrected chi connectivity index (χ2v) is 6.01. The minimum absolute atomic E-state index is 0.199. The molecule has 20 heavy (non-hydrogen) atoms. The first-order valence-electron chi connectivity index (χ1n) is 7.44. The van der Waals surface area contributed by atoms with Crippen molar-refractivity contribution in [1.29, 1.82) is 0 Å². The lowest BCUT2D eigenvalue weighted by molar-refractivity contribution is -0.136. The van der Waals surface area contributed by atoms with E-state index in [-0.39, 0.29) is 24.1 Å². The van der Waals surface area contributed by atoms with Crippen LogP contribution in [0.2, 0.25) is 0 Å². The Bertz CT molecular complexity index is 472. The van der Waals surface area contributed by atoms with E-state index in [9.17, 15) is 9.90 Å². The van der Waals surface area contributed by atoms with E-state index in [2.05, 4.69) is 0 Å².